The molecule has 34 heavy (non-hydrogen) atoms. The number of amides is 3. The van der Waals surface area contributed by atoms with Gasteiger partial charge in [0.15, 0.2) is 0 Å². The molecule has 2 aromatic carbocycles. The fourth-order valence-electron chi connectivity index (χ4n) is 3.86. The van der Waals surface area contributed by atoms with Gasteiger partial charge in [-0.05, 0) is 36.2 Å². The maximum atomic E-state index is 12.8. The van der Waals surface area contributed by atoms with Crippen molar-refractivity contribution in [3.63, 3.8) is 0 Å². The number of anilines is 1. The first-order valence-electron chi connectivity index (χ1n) is 11.3. The lowest BCUT2D eigenvalue weighted by Gasteiger charge is -2.36. The number of benzene rings is 2. The number of ether oxygens (including phenoxy) is 1. The zero-order valence-electron chi connectivity index (χ0n) is 19.7. The molecule has 3 rings (SSSR count). The number of hydrogen-bond donors (Lipinski definition) is 2. The normalized spacial score (nSPS) is 14.5. The molecule has 2 aromatic rings. The third-order valence-electron chi connectivity index (χ3n) is 5.81. The predicted molar refractivity (Wildman–Crippen MR) is 132 cm³/mol. The van der Waals surface area contributed by atoms with E-state index in [9.17, 15) is 14.4 Å². The highest BCUT2D eigenvalue weighted by molar-refractivity contribution is 6.30. The molecular formula is C25H31ClN4O4. The van der Waals surface area contributed by atoms with Crippen molar-refractivity contribution in [3.05, 3.63) is 59.1 Å². The van der Waals surface area contributed by atoms with Gasteiger partial charge in [-0.2, -0.15) is 0 Å². The summed E-state index contributed by atoms with van der Waals surface area (Å²) in [5, 5.41) is 6.13. The van der Waals surface area contributed by atoms with Gasteiger partial charge in [0.05, 0.1) is 19.2 Å². The van der Waals surface area contributed by atoms with Crippen molar-refractivity contribution in [3.8, 4) is 5.75 Å². The van der Waals surface area contributed by atoms with Crippen LogP contribution in [0.5, 0.6) is 5.75 Å². The van der Waals surface area contributed by atoms with Gasteiger partial charge >= 0.3 is 0 Å². The van der Waals surface area contributed by atoms with Gasteiger partial charge in [-0.25, -0.2) is 0 Å². The molecule has 1 atom stereocenters. The van der Waals surface area contributed by atoms with Crippen molar-refractivity contribution in [1.82, 2.24) is 15.5 Å². The molecule has 1 aliphatic rings. The number of piperazine rings is 1. The summed E-state index contributed by atoms with van der Waals surface area (Å²) < 4.78 is 5.24. The van der Waals surface area contributed by atoms with Crippen molar-refractivity contribution in [1.29, 1.82) is 0 Å². The maximum absolute atomic E-state index is 12.8. The summed E-state index contributed by atoms with van der Waals surface area (Å²) in [6, 6.07) is 13.7. The largest absolute Gasteiger partial charge is 0.496 e. The van der Waals surface area contributed by atoms with Crippen LogP contribution in [0.1, 0.15) is 24.2 Å². The van der Waals surface area contributed by atoms with Crippen LogP contribution in [0.4, 0.5) is 5.69 Å². The minimum Gasteiger partial charge on any atom is -0.496 e. The molecule has 0 saturated carbocycles. The zero-order chi connectivity index (χ0) is 24.7. The molecule has 1 fully saturated rings. The van der Waals surface area contributed by atoms with Crippen LogP contribution in [0.15, 0.2) is 48.5 Å². The smallest absolute Gasteiger partial charge is 0.255 e. The Balaban J connectivity index is 1.52. The van der Waals surface area contributed by atoms with Crippen LogP contribution in [0.2, 0.25) is 5.02 Å². The Hall–Kier alpha value is -3.26. The zero-order valence-corrected chi connectivity index (χ0v) is 20.5. The van der Waals surface area contributed by atoms with E-state index in [0.717, 1.165) is 5.69 Å². The Kier molecular flexibility index (Phi) is 8.76. The van der Waals surface area contributed by atoms with Gasteiger partial charge in [-0.3, -0.25) is 14.4 Å². The standard InChI is InChI=1S/C25H31ClN4O4/c1-17(2)23(28-24(32)20-9-4-5-10-21(20)34-3)25(33)27-16-22(31)30-13-11-29(12-14-30)19-8-6-7-18(26)15-19/h4-10,15,17,23H,11-14,16H2,1-3H3,(H,27,33)(H,28,32). The van der Waals surface area contributed by atoms with Crippen LogP contribution < -0.4 is 20.3 Å². The van der Waals surface area contributed by atoms with E-state index in [1.54, 1.807) is 29.2 Å². The van der Waals surface area contributed by atoms with Gasteiger partial charge in [0.25, 0.3) is 5.91 Å². The van der Waals surface area contributed by atoms with Crippen molar-refractivity contribution in [2.45, 2.75) is 19.9 Å². The molecule has 1 saturated heterocycles. The van der Waals surface area contributed by atoms with Crippen LogP contribution in [-0.2, 0) is 9.59 Å². The lowest BCUT2D eigenvalue weighted by atomic mass is 10.0. The number of methoxy groups -OCH3 is 1. The molecule has 1 aliphatic heterocycles. The molecule has 0 radical (unpaired) electrons. The SMILES string of the molecule is COc1ccccc1C(=O)NC(C(=O)NCC(=O)N1CCN(c2cccc(Cl)c2)CC1)C(C)C. The van der Waals surface area contributed by atoms with Crippen LogP contribution in [-0.4, -0.2) is 68.5 Å². The van der Waals surface area contributed by atoms with E-state index >= 15 is 0 Å². The monoisotopic (exact) mass is 486 g/mol. The lowest BCUT2D eigenvalue weighted by Crippen LogP contribution is -2.54. The third-order valence-corrected chi connectivity index (χ3v) is 6.04. The molecule has 9 heteroatoms. The number of halogens is 1. The number of carbonyl (C=O) groups is 3. The van der Waals surface area contributed by atoms with Crippen LogP contribution in [0, 0.1) is 5.92 Å². The van der Waals surface area contributed by atoms with E-state index in [-0.39, 0.29) is 18.4 Å². The lowest BCUT2D eigenvalue weighted by molar-refractivity contribution is -0.133. The van der Waals surface area contributed by atoms with Crippen molar-refractivity contribution in [2.24, 2.45) is 5.92 Å². The highest BCUT2D eigenvalue weighted by Gasteiger charge is 2.27. The number of nitrogens with zero attached hydrogens (tertiary/aromatic N) is 2. The Morgan fingerprint density at radius 1 is 1.03 bits per heavy atom. The molecule has 8 nitrogen and oxygen atoms in total. The summed E-state index contributed by atoms with van der Waals surface area (Å²) in [6.45, 7) is 6.03. The highest BCUT2D eigenvalue weighted by Crippen LogP contribution is 2.21. The van der Waals surface area contributed by atoms with Gasteiger partial charge in [0.2, 0.25) is 11.8 Å². The van der Waals surface area contributed by atoms with Gasteiger partial charge in [-0.1, -0.05) is 43.6 Å². The Morgan fingerprint density at radius 3 is 2.38 bits per heavy atom. The molecule has 2 N–H and O–H groups in total. The van der Waals surface area contributed by atoms with E-state index in [0.29, 0.717) is 42.5 Å². The molecule has 3 amide bonds. The number of carbonyl (C=O) groups excluding carboxylic acids is 3. The molecule has 182 valence electrons. The van der Waals surface area contributed by atoms with Crippen molar-refractivity contribution in [2.75, 3.05) is 44.7 Å². The minimum absolute atomic E-state index is 0.121. The summed E-state index contributed by atoms with van der Waals surface area (Å²) in [4.78, 5) is 42.2. The molecular weight excluding hydrogens is 456 g/mol. The second kappa shape index (κ2) is 11.7. The first-order chi connectivity index (χ1) is 16.3. The summed E-state index contributed by atoms with van der Waals surface area (Å²) >= 11 is 6.08. The molecule has 0 aliphatic carbocycles. The predicted octanol–water partition coefficient (Wildman–Crippen LogP) is 2.57. The number of rotatable bonds is 8. The van der Waals surface area contributed by atoms with E-state index in [2.05, 4.69) is 15.5 Å². The average Bonchev–Trinajstić information content (AvgIpc) is 2.85. The molecule has 1 heterocycles. The fourth-order valence-corrected chi connectivity index (χ4v) is 4.04. The van der Waals surface area contributed by atoms with Crippen LogP contribution >= 0.6 is 11.6 Å². The first kappa shape index (κ1) is 25.4. The van der Waals surface area contributed by atoms with Gasteiger partial charge in [0, 0.05) is 36.9 Å². The number of para-hydroxylation sites is 1. The first-order valence-corrected chi connectivity index (χ1v) is 11.7. The minimum atomic E-state index is -0.787. The van der Waals surface area contributed by atoms with Gasteiger partial charge in [0.1, 0.15) is 11.8 Å². The average molecular weight is 487 g/mol. The maximum Gasteiger partial charge on any atom is 0.255 e. The third kappa shape index (κ3) is 6.41. The molecule has 1 unspecified atom stereocenters. The van der Waals surface area contributed by atoms with E-state index < -0.39 is 17.9 Å². The second-order valence-corrected chi connectivity index (χ2v) is 8.90. The summed E-state index contributed by atoms with van der Waals surface area (Å²) in [6.07, 6.45) is 0. The van der Waals surface area contributed by atoms with E-state index in [1.807, 2.05) is 38.1 Å². The van der Waals surface area contributed by atoms with Crippen molar-refractivity contribution >= 4 is 35.0 Å². The Morgan fingerprint density at radius 2 is 1.74 bits per heavy atom. The fraction of sp³-hybridized carbons (Fsp3) is 0.400. The second-order valence-electron chi connectivity index (χ2n) is 8.46. The topological polar surface area (TPSA) is 91.0 Å². The van der Waals surface area contributed by atoms with Crippen LogP contribution in [0.25, 0.3) is 0 Å². The van der Waals surface area contributed by atoms with Gasteiger partial charge < -0.3 is 25.2 Å². The number of nitrogens with one attached hydrogen (secondary N) is 2. The Bertz CT molecular complexity index is 1020. The van der Waals surface area contributed by atoms with E-state index in [4.69, 9.17) is 16.3 Å². The molecule has 0 aromatic heterocycles. The summed E-state index contributed by atoms with van der Waals surface area (Å²) in [7, 11) is 1.49. The Labute approximate surface area is 205 Å². The quantitative estimate of drug-likeness (QED) is 0.598. The summed E-state index contributed by atoms with van der Waals surface area (Å²) in [5.41, 5.74) is 1.37. The molecule has 0 spiro atoms. The van der Waals surface area contributed by atoms with E-state index in [1.165, 1.54) is 7.11 Å². The number of hydrogen-bond acceptors (Lipinski definition) is 5. The van der Waals surface area contributed by atoms with Gasteiger partial charge in [-0.15, -0.1) is 0 Å². The van der Waals surface area contributed by atoms with Crippen molar-refractivity contribution < 1.29 is 19.1 Å². The highest BCUT2D eigenvalue weighted by atomic mass is 35.5. The van der Waals surface area contributed by atoms with Crippen LogP contribution in [0.3, 0.4) is 0 Å². The summed E-state index contributed by atoms with van der Waals surface area (Å²) in [5.74, 6) is -0.707. The molecule has 0 bridgehead atoms.